The molecule has 13 heterocycles. The largest absolute Gasteiger partial charge is 0.476 e. The fourth-order valence-electron chi connectivity index (χ4n) is 12.4. The van der Waals surface area contributed by atoms with Gasteiger partial charge in [0.15, 0.2) is 34.0 Å². The zero-order valence-corrected chi connectivity index (χ0v) is 58.0. The van der Waals surface area contributed by atoms with Crippen LogP contribution in [0.1, 0.15) is 79.8 Å². The zero-order chi connectivity index (χ0) is 69.0. The van der Waals surface area contributed by atoms with E-state index in [0.717, 1.165) is 83.4 Å². The molecule has 0 radical (unpaired) electrons. The van der Waals surface area contributed by atoms with Crippen LogP contribution < -0.4 is 25.8 Å². The number of amides is 1. The Morgan fingerprint density at radius 3 is 1.32 bits per heavy atom. The smallest absolute Gasteiger partial charge is 0.356 e. The van der Waals surface area contributed by atoms with Crippen molar-refractivity contribution in [1.82, 2.24) is 62.4 Å². The summed E-state index contributed by atoms with van der Waals surface area (Å²) in [5.74, 6) is 1.44. The molecule has 28 heteroatoms. The number of carbonyl (C=O) groups is 2. The molecule has 1 aliphatic carbocycles. The van der Waals surface area contributed by atoms with Crippen molar-refractivity contribution in [1.29, 1.82) is 0 Å². The van der Waals surface area contributed by atoms with Crippen molar-refractivity contribution in [2.45, 2.75) is 69.9 Å². The average molecular weight is 1430 g/mol. The molecule has 520 valence electrons. The number of aromatic nitrogens is 12. The number of aromatic carboxylic acids is 1. The van der Waals surface area contributed by atoms with Gasteiger partial charge in [-0.2, -0.15) is 10.2 Å². The number of carboxylic acids is 1. The van der Waals surface area contributed by atoms with Gasteiger partial charge in [0, 0.05) is 148 Å². The van der Waals surface area contributed by atoms with E-state index in [4.69, 9.17) is 50.7 Å². The summed E-state index contributed by atoms with van der Waals surface area (Å²) >= 11 is 17.4. The van der Waals surface area contributed by atoms with E-state index in [9.17, 15) is 24.9 Å². The molecule has 0 bridgehead atoms. The second-order valence-corrected chi connectivity index (χ2v) is 27.0. The van der Waals surface area contributed by atoms with Crippen molar-refractivity contribution in [3.05, 3.63) is 223 Å². The van der Waals surface area contributed by atoms with Crippen LogP contribution in [0.15, 0.2) is 196 Å². The van der Waals surface area contributed by atoms with Crippen LogP contribution in [-0.2, 0) is 0 Å². The third kappa shape index (κ3) is 17.5. The number of hydrogen-bond donors (Lipinski definition) is 7. The molecule has 24 nitrogen and oxygen atoms in total. The number of nitrogens with zero attached hydrogens (tertiary/aromatic N) is 15. The molecule has 2 unspecified atom stereocenters. The van der Waals surface area contributed by atoms with Gasteiger partial charge in [-0.1, -0.05) is 61.5 Å². The van der Waals surface area contributed by atoms with Crippen LogP contribution in [0.25, 0.3) is 33.4 Å². The van der Waals surface area contributed by atoms with Crippen molar-refractivity contribution in [2.75, 3.05) is 80.4 Å². The van der Waals surface area contributed by atoms with E-state index in [1.165, 1.54) is 36.4 Å². The van der Waals surface area contributed by atoms with E-state index in [1.807, 2.05) is 124 Å². The Morgan fingerprint density at radius 2 is 0.899 bits per heavy atom. The molecule has 10 aromatic heterocycles. The Balaban J connectivity index is 0.000000136. The minimum Gasteiger partial charge on any atom is -0.476 e. The van der Waals surface area contributed by atoms with Gasteiger partial charge in [-0.05, 0) is 147 Å². The summed E-state index contributed by atoms with van der Waals surface area (Å²) in [6.07, 6.45) is 33.4. The molecule has 1 saturated carbocycles. The Morgan fingerprint density at radius 1 is 0.475 bits per heavy atom. The zero-order valence-electron chi connectivity index (χ0n) is 54.9. The third-order valence-electron chi connectivity index (χ3n) is 18.3. The first-order valence-electron chi connectivity index (χ1n) is 32.3. The molecule has 4 fully saturated rings. The van der Waals surface area contributed by atoms with Gasteiger partial charge in [0.05, 0.1) is 64.3 Å². The van der Waals surface area contributed by atoms with Crippen LogP contribution in [0.5, 0.6) is 0 Å². The summed E-state index contributed by atoms with van der Waals surface area (Å²) in [4.78, 5) is 47.4. The Hall–Kier alpha value is -9.08. The van der Waals surface area contributed by atoms with Crippen LogP contribution in [0.4, 0.5) is 17.5 Å². The Bertz CT molecular complexity index is 4510. The maximum Gasteiger partial charge on any atom is 0.356 e. The average Bonchev–Trinajstić information content (AvgIpc) is 1.73. The summed E-state index contributed by atoms with van der Waals surface area (Å²) < 4.78 is 11.2. The van der Waals surface area contributed by atoms with Crippen molar-refractivity contribution in [2.24, 2.45) is 16.6 Å². The predicted octanol–water partition coefficient (Wildman–Crippen LogP) is 10.5. The molecule has 0 spiro atoms. The fourth-order valence-corrected chi connectivity index (χ4v) is 12.9. The number of halogens is 4. The maximum atomic E-state index is 12.9. The fraction of sp³-hybridized carbons (Fsp3) is 0.324. The summed E-state index contributed by atoms with van der Waals surface area (Å²) in [7, 11) is 0. The van der Waals surface area contributed by atoms with Gasteiger partial charge in [0.2, 0.25) is 0 Å². The minimum absolute atomic E-state index is 0. The molecule has 16 rings (SSSR count). The number of carbonyl (C=O) groups excluding carboxylic acids is 1. The standard InChI is InChI=1S/C22H21ClN6O2.C13H17N3O.C12H16N4O.C10H7ClN2O2.C7H5ClN2.C7H14O.ClH/c23-16-3-5-17(6-4-16)29-11-7-18(26-29)21(31)25-22(15-30)8-12-28(14-22)20-19-2-1-10-27(19)13-9-24-20;1-13(10-17)4-7-16(9-13)12-11-3-2-6-15(11)8-5-14-12;13-12(9-17)3-6-16(8-12)11-10-2-1-5-15(10)7-4-14-11;11-7-1-3-8(4-2-7)13-6-5-9(12-13)10(14)15;8-7-6-2-1-4-10(6)5-3-9-7;1-7(6-8)4-2-3-5-7;/h1-7,9-11,13,30H,8,12,14-15H2,(H,25,31);2-3,5-6,8,17H,4,7,9-10H2,1H3;1-2,4-5,7,17H,3,6,8-9,13H2;1-6H,(H,14,15);1-5H;8H,2-6H2,1H3;1H/t22-;;;;;;/m0....../s1. The second kappa shape index (κ2) is 32.3. The predicted molar refractivity (Wildman–Crippen MR) is 388 cm³/mol. The van der Waals surface area contributed by atoms with E-state index in [1.54, 1.807) is 78.1 Å². The molecule has 12 aromatic rings. The highest BCUT2D eigenvalue weighted by molar-refractivity contribution is 6.32. The topological polar surface area (TPSA) is 288 Å². The van der Waals surface area contributed by atoms with E-state index in [-0.39, 0.29) is 54.9 Å². The first-order valence-corrected chi connectivity index (χ1v) is 33.4. The molecule has 3 atom stereocenters. The van der Waals surface area contributed by atoms with Crippen molar-refractivity contribution in [3.8, 4) is 11.4 Å². The molecule has 2 aromatic carbocycles. The van der Waals surface area contributed by atoms with E-state index in [0.29, 0.717) is 53.3 Å². The highest BCUT2D eigenvalue weighted by Gasteiger charge is 2.41. The monoisotopic (exact) mass is 1420 g/mol. The SMILES string of the molecule is CC1(CO)CCCC1.CC1(CO)CCN(c2nccn3cccc23)C1.Cl.Clc1nccn2cccc12.NC1(CO)CCN(c2nccn3cccc23)C1.O=C(N[C@@]1(CO)CCN(c2nccn3cccc23)C1)c1ccn(-c2ccc(Cl)cc2)n1.O=C(O)c1ccn(-c2ccc(Cl)cc2)n1. The lowest BCUT2D eigenvalue weighted by molar-refractivity contribution is 0.0689. The first kappa shape index (κ1) is 72.7. The number of aliphatic hydroxyl groups is 4. The molecule has 3 saturated heterocycles. The minimum atomic E-state index is -1.04. The number of rotatable bonds is 12. The second-order valence-electron chi connectivity index (χ2n) is 25.8. The highest BCUT2D eigenvalue weighted by Crippen LogP contribution is 2.37. The van der Waals surface area contributed by atoms with Gasteiger partial charge >= 0.3 is 5.97 Å². The summed E-state index contributed by atoms with van der Waals surface area (Å²) in [6, 6.07) is 33.2. The van der Waals surface area contributed by atoms with Crippen LogP contribution in [-0.4, -0.2) is 171 Å². The lowest BCUT2D eigenvalue weighted by atomic mass is 9.90. The Labute approximate surface area is 593 Å². The summed E-state index contributed by atoms with van der Waals surface area (Å²) in [5.41, 5.74) is 11.2. The maximum absolute atomic E-state index is 12.9. The van der Waals surface area contributed by atoms with Crippen LogP contribution >= 0.6 is 47.2 Å². The van der Waals surface area contributed by atoms with Crippen LogP contribution in [0.3, 0.4) is 0 Å². The summed E-state index contributed by atoms with van der Waals surface area (Å²) in [5, 5.41) is 59.5. The molecule has 4 aliphatic rings. The van der Waals surface area contributed by atoms with Gasteiger partial charge in [-0.25, -0.2) is 34.1 Å². The van der Waals surface area contributed by atoms with Gasteiger partial charge < -0.3 is 68.9 Å². The number of anilines is 3. The van der Waals surface area contributed by atoms with Crippen LogP contribution in [0.2, 0.25) is 15.2 Å². The molecular weight excluding hydrogens is 1340 g/mol. The lowest BCUT2D eigenvalue weighted by Crippen LogP contribution is -2.53. The van der Waals surface area contributed by atoms with E-state index in [2.05, 4.69) is 74.5 Å². The molecular formula is C71H81Cl4N17O7. The van der Waals surface area contributed by atoms with Crippen molar-refractivity contribution in [3.63, 3.8) is 0 Å². The number of hydrogen-bond acceptors (Lipinski definition) is 16. The number of nitrogens with two attached hydrogens (primary N) is 1. The molecule has 8 N–H and O–H groups in total. The number of benzene rings is 2. The molecule has 3 aliphatic heterocycles. The number of aliphatic hydroxyl groups excluding tert-OH is 4. The van der Waals surface area contributed by atoms with E-state index >= 15 is 0 Å². The van der Waals surface area contributed by atoms with Crippen molar-refractivity contribution < 1.29 is 35.1 Å². The molecule has 99 heavy (non-hydrogen) atoms. The van der Waals surface area contributed by atoms with Crippen LogP contribution in [0, 0.1) is 10.8 Å². The quantitative estimate of drug-likeness (QED) is 0.0598. The normalized spacial score (nSPS) is 19.0. The molecule has 1 amide bonds. The van der Waals surface area contributed by atoms with Gasteiger partial charge in [0.1, 0.15) is 0 Å². The number of carboxylic acid groups (broad SMARTS) is 1. The van der Waals surface area contributed by atoms with E-state index < -0.39 is 17.0 Å². The highest BCUT2D eigenvalue weighted by atomic mass is 35.5. The Kier molecular flexibility index (Phi) is 23.7. The number of fused-ring (bicyclic) bond motifs is 4. The number of nitrogens with one attached hydrogen (secondary N) is 1. The first-order chi connectivity index (χ1) is 47.3. The van der Waals surface area contributed by atoms with Gasteiger partial charge in [-0.15, -0.1) is 12.4 Å². The van der Waals surface area contributed by atoms with Crippen molar-refractivity contribution >= 4 is 98.6 Å². The summed E-state index contributed by atoms with van der Waals surface area (Å²) in [6.45, 7) is 9.26. The lowest BCUT2D eigenvalue weighted by Gasteiger charge is -2.28. The third-order valence-corrected chi connectivity index (χ3v) is 19.1. The van der Waals surface area contributed by atoms with Gasteiger partial charge in [0.25, 0.3) is 5.91 Å². The van der Waals surface area contributed by atoms with Gasteiger partial charge in [-0.3, -0.25) is 4.79 Å².